The van der Waals surface area contributed by atoms with Crippen molar-refractivity contribution >= 4 is 32.8 Å². The Morgan fingerprint density at radius 3 is 2.70 bits per heavy atom. The molecule has 0 radical (unpaired) electrons. The summed E-state index contributed by atoms with van der Waals surface area (Å²) < 4.78 is 6.44. The molecule has 0 unspecified atom stereocenters. The van der Waals surface area contributed by atoms with Gasteiger partial charge < -0.3 is 9.84 Å². The van der Waals surface area contributed by atoms with E-state index in [-0.39, 0.29) is 11.4 Å². The number of ether oxygens (including phenoxy) is 1. The van der Waals surface area contributed by atoms with Crippen LogP contribution in [0.2, 0.25) is 0 Å². The number of carboxylic acids is 1. The lowest BCUT2D eigenvalue weighted by Crippen LogP contribution is -2.06. The molecule has 1 heterocycles. The third-order valence-electron chi connectivity index (χ3n) is 3.12. The number of rotatable bonds is 4. The van der Waals surface area contributed by atoms with Crippen LogP contribution in [0, 0.1) is 13.8 Å². The molecule has 4 nitrogen and oxygen atoms in total. The second-order valence-electron chi connectivity index (χ2n) is 4.69. The first-order valence-electron chi connectivity index (χ1n) is 6.42. The van der Waals surface area contributed by atoms with Gasteiger partial charge in [-0.1, -0.05) is 22.9 Å². The minimum absolute atomic E-state index is 0.102. The topological polar surface area (TPSA) is 59.4 Å². The van der Waals surface area contributed by atoms with Crippen LogP contribution in [-0.2, 0) is 0 Å². The van der Waals surface area contributed by atoms with Gasteiger partial charge in [0.1, 0.15) is 5.56 Å². The van der Waals surface area contributed by atoms with Gasteiger partial charge >= 0.3 is 5.97 Å². The zero-order valence-corrected chi connectivity index (χ0v) is 13.2. The van der Waals surface area contributed by atoms with E-state index in [1.54, 1.807) is 6.07 Å². The number of hydrogen-bond donors (Lipinski definition) is 1. The summed E-state index contributed by atoms with van der Waals surface area (Å²) in [5.41, 5.74) is 2.90. The fraction of sp³-hybridized carbons (Fsp3) is 0.333. The summed E-state index contributed by atoms with van der Waals surface area (Å²) >= 11 is 3.52. The van der Waals surface area contributed by atoms with Gasteiger partial charge in [0, 0.05) is 9.86 Å². The van der Waals surface area contributed by atoms with Crippen LogP contribution >= 0.6 is 15.9 Å². The molecule has 0 fully saturated rings. The normalized spacial score (nSPS) is 10.8. The van der Waals surface area contributed by atoms with E-state index in [1.165, 1.54) is 0 Å². The molecule has 0 aliphatic carbocycles. The van der Waals surface area contributed by atoms with Crippen molar-refractivity contribution in [2.45, 2.75) is 27.2 Å². The molecule has 0 aliphatic rings. The zero-order valence-electron chi connectivity index (χ0n) is 11.7. The van der Waals surface area contributed by atoms with Crippen LogP contribution in [0.1, 0.15) is 34.8 Å². The minimum atomic E-state index is -1.03. The van der Waals surface area contributed by atoms with Gasteiger partial charge in [-0.3, -0.25) is 0 Å². The first-order chi connectivity index (χ1) is 9.45. The van der Waals surface area contributed by atoms with E-state index in [1.807, 2.05) is 26.8 Å². The van der Waals surface area contributed by atoms with Crippen molar-refractivity contribution in [1.82, 2.24) is 4.98 Å². The number of benzene rings is 1. The summed E-state index contributed by atoms with van der Waals surface area (Å²) in [4.78, 5) is 15.7. The molecule has 0 aliphatic heterocycles. The number of carboxylic acid groups (broad SMARTS) is 1. The highest BCUT2D eigenvalue weighted by Gasteiger charge is 2.17. The van der Waals surface area contributed by atoms with Gasteiger partial charge in [-0.15, -0.1) is 0 Å². The Labute approximate surface area is 125 Å². The van der Waals surface area contributed by atoms with E-state index in [4.69, 9.17) is 4.74 Å². The van der Waals surface area contributed by atoms with E-state index in [2.05, 4.69) is 20.9 Å². The maximum atomic E-state index is 11.4. The van der Waals surface area contributed by atoms with Gasteiger partial charge in [-0.25, -0.2) is 9.78 Å². The molecule has 0 bridgehead atoms. The number of hydrogen-bond acceptors (Lipinski definition) is 3. The SMILES string of the molecule is CCCOc1nc2cc(C)c(Br)c(C)c2cc1C(=O)O. The lowest BCUT2D eigenvalue weighted by molar-refractivity contribution is 0.0691. The van der Waals surface area contributed by atoms with Crippen LogP contribution in [-0.4, -0.2) is 22.7 Å². The van der Waals surface area contributed by atoms with E-state index in [0.717, 1.165) is 32.9 Å². The van der Waals surface area contributed by atoms with Crippen molar-refractivity contribution in [1.29, 1.82) is 0 Å². The highest BCUT2D eigenvalue weighted by Crippen LogP contribution is 2.31. The maximum Gasteiger partial charge on any atom is 0.341 e. The lowest BCUT2D eigenvalue weighted by Gasteiger charge is -2.12. The van der Waals surface area contributed by atoms with Crippen molar-refractivity contribution in [3.63, 3.8) is 0 Å². The van der Waals surface area contributed by atoms with Crippen molar-refractivity contribution in [3.8, 4) is 5.88 Å². The van der Waals surface area contributed by atoms with E-state index >= 15 is 0 Å². The average molecular weight is 338 g/mol. The average Bonchev–Trinajstić information content (AvgIpc) is 2.41. The fourth-order valence-corrected chi connectivity index (χ4v) is 2.39. The molecule has 2 aromatic rings. The third kappa shape index (κ3) is 2.63. The summed E-state index contributed by atoms with van der Waals surface area (Å²) in [5, 5.41) is 10.1. The molecule has 0 atom stereocenters. The van der Waals surface area contributed by atoms with Crippen LogP contribution in [0.25, 0.3) is 10.9 Å². The fourth-order valence-electron chi connectivity index (χ4n) is 2.06. The van der Waals surface area contributed by atoms with Gasteiger partial charge in [0.2, 0.25) is 5.88 Å². The van der Waals surface area contributed by atoms with Crippen molar-refractivity contribution < 1.29 is 14.6 Å². The van der Waals surface area contributed by atoms with Crippen LogP contribution in [0.4, 0.5) is 0 Å². The Hall–Kier alpha value is -1.62. The van der Waals surface area contributed by atoms with Crippen LogP contribution < -0.4 is 4.74 Å². The van der Waals surface area contributed by atoms with Crippen molar-refractivity contribution in [3.05, 3.63) is 33.3 Å². The number of aryl methyl sites for hydroxylation is 2. The Morgan fingerprint density at radius 2 is 2.10 bits per heavy atom. The Bertz CT molecular complexity index is 683. The standard InChI is InChI=1S/C15H16BrNO3/c1-4-5-20-14-11(15(18)19)7-10-9(3)13(16)8(2)6-12(10)17-14/h6-7H,4-5H2,1-3H3,(H,18,19). The number of halogens is 1. The van der Waals surface area contributed by atoms with Crippen LogP contribution in [0.5, 0.6) is 5.88 Å². The van der Waals surface area contributed by atoms with E-state index in [0.29, 0.717) is 6.61 Å². The monoisotopic (exact) mass is 337 g/mol. The molecule has 1 N–H and O–H groups in total. The number of fused-ring (bicyclic) bond motifs is 1. The summed E-state index contributed by atoms with van der Waals surface area (Å²) in [6, 6.07) is 3.56. The number of aromatic carboxylic acids is 1. The molecule has 0 amide bonds. The lowest BCUT2D eigenvalue weighted by atomic mass is 10.0. The first kappa shape index (κ1) is 14.8. The second kappa shape index (κ2) is 5.79. The van der Waals surface area contributed by atoms with Crippen LogP contribution in [0.3, 0.4) is 0 Å². The highest BCUT2D eigenvalue weighted by atomic mass is 79.9. The quantitative estimate of drug-likeness (QED) is 0.912. The summed E-state index contributed by atoms with van der Waals surface area (Å²) in [5.74, 6) is -0.838. The molecule has 106 valence electrons. The van der Waals surface area contributed by atoms with E-state index < -0.39 is 5.97 Å². The molecule has 20 heavy (non-hydrogen) atoms. The second-order valence-corrected chi connectivity index (χ2v) is 5.49. The molecule has 1 aromatic heterocycles. The smallest absolute Gasteiger partial charge is 0.341 e. The van der Waals surface area contributed by atoms with Gasteiger partial charge in [0.25, 0.3) is 0 Å². The molecular formula is C15H16BrNO3. The molecule has 0 saturated carbocycles. The van der Waals surface area contributed by atoms with Gasteiger partial charge in [0.05, 0.1) is 12.1 Å². The molecule has 2 rings (SSSR count). The Kier molecular flexibility index (Phi) is 4.28. The molecule has 5 heteroatoms. The maximum absolute atomic E-state index is 11.4. The number of aromatic nitrogens is 1. The molecule has 1 aromatic carbocycles. The predicted molar refractivity (Wildman–Crippen MR) is 81.7 cm³/mol. The summed E-state index contributed by atoms with van der Waals surface area (Å²) in [6.07, 6.45) is 0.803. The highest BCUT2D eigenvalue weighted by molar-refractivity contribution is 9.10. The molecular weight excluding hydrogens is 322 g/mol. The Balaban J connectivity index is 2.71. The molecule has 0 spiro atoms. The zero-order chi connectivity index (χ0) is 14.9. The largest absolute Gasteiger partial charge is 0.477 e. The summed E-state index contributed by atoms with van der Waals surface area (Å²) in [6.45, 7) is 6.34. The number of nitrogens with zero attached hydrogens (tertiary/aromatic N) is 1. The minimum Gasteiger partial charge on any atom is -0.477 e. The van der Waals surface area contributed by atoms with Crippen molar-refractivity contribution in [2.75, 3.05) is 6.61 Å². The van der Waals surface area contributed by atoms with Gasteiger partial charge in [-0.05, 0) is 43.5 Å². The van der Waals surface area contributed by atoms with Gasteiger partial charge in [0.15, 0.2) is 0 Å². The number of carbonyl (C=O) groups is 1. The van der Waals surface area contributed by atoms with Crippen LogP contribution in [0.15, 0.2) is 16.6 Å². The Morgan fingerprint density at radius 1 is 1.40 bits per heavy atom. The predicted octanol–water partition coefficient (Wildman–Crippen LogP) is 4.10. The van der Waals surface area contributed by atoms with Gasteiger partial charge in [-0.2, -0.15) is 0 Å². The molecule has 0 saturated heterocycles. The van der Waals surface area contributed by atoms with E-state index in [9.17, 15) is 9.90 Å². The summed E-state index contributed by atoms with van der Waals surface area (Å²) in [7, 11) is 0. The number of pyridine rings is 1. The first-order valence-corrected chi connectivity index (χ1v) is 7.21. The third-order valence-corrected chi connectivity index (χ3v) is 4.34. The van der Waals surface area contributed by atoms with Crippen molar-refractivity contribution in [2.24, 2.45) is 0 Å².